The number of hydrogen-bond donors (Lipinski definition) is 2. The first-order valence-corrected chi connectivity index (χ1v) is 7.33. The van der Waals surface area contributed by atoms with Crippen LogP contribution in [0.1, 0.15) is 87.6 Å². The number of benzene rings is 1. The molecule has 0 aromatic heterocycles. The predicted octanol–water partition coefficient (Wildman–Crippen LogP) is 4.05. The van der Waals surface area contributed by atoms with E-state index in [9.17, 15) is 5.11 Å². The summed E-state index contributed by atoms with van der Waals surface area (Å²) in [5, 5.41) is 9.45. The summed E-state index contributed by atoms with van der Waals surface area (Å²) in [4.78, 5) is 0. The average molecular weight is 263 g/mol. The van der Waals surface area contributed by atoms with E-state index >= 15 is 0 Å². The van der Waals surface area contributed by atoms with Crippen molar-refractivity contribution >= 4 is 0 Å². The smallest absolute Gasteiger partial charge is 0.0624 e. The highest BCUT2D eigenvalue weighted by Gasteiger charge is 2.20. The lowest BCUT2D eigenvalue weighted by Gasteiger charge is -2.25. The average Bonchev–Trinajstić information content (AvgIpc) is 2.35. The zero-order chi connectivity index (χ0) is 14.7. The molecule has 0 fully saturated rings. The SMILES string of the molecule is CC(C)c1cc(C(C)C)c([C@H](N)CO)c(C(C)C)c1. The molecule has 2 heteroatoms. The quantitative estimate of drug-likeness (QED) is 0.842. The Labute approximate surface area is 118 Å². The molecule has 0 aliphatic heterocycles. The summed E-state index contributed by atoms with van der Waals surface area (Å²) in [5.74, 6) is 1.35. The van der Waals surface area contributed by atoms with E-state index in [2.05, 4.69) is 53.7 Å². The Hall–Kier alpha value is -0.860. The third-order valence-corrected chi connectivity index (χ3v) is 3.74. The number of aliphatic hydroxyl groups excluding tert-OH is 1. The van der Waals surface area contributed by atoms with Crippen LogP contribution in [0.15, 0.2) is 12.1 Å². The topological polar surface area (TPSA) is 46.2 Å². The first-order valence-electron chi connectivity index (χ1n) is 7.33. The molecule has 3 N–H and O–H groups in total. The second-order valence-corrected chi connectivity index (χ2v) is 6.37. The molecule has 108 valence electrons. The lowest BCUT2D eigenvalue weighted by molar-refractivity contribution is 0.266. The lowest BCUT2D eigenvalue weighted by atomic mass is 9.82. The Morgan fingerprint density at radius 3 is 1.58 bits per heavy atom. The van der Waals surface area contributed by atoms with Crippen LogP contribution in [0.3, 0.4) is 0 Å². The molecule has 19 heavy (non-hydrogen) atoms. The number of rotatable bonds is 5. The van der Waals surface area contributed by atoms with Crippen molar-refractivity contribution in [3.05, 3.63) is 34.4 Å². The van der Waals surface area contributed by atoms with Crippen molar-refractivity contribution in [2.24, 2.45) is 5.73 Å². The van der Waals surface area contributed by atoms with Crippen molar-refractivity contribution in [3.63, 3.8) is 0 Å². The van der Waals surface area contributed by atoms with Crippen LogP contribution in [0, 0.1) is 0 Å². The molecule has 0 aliphatic carbocycles. The molecular formula is C17H29NO. The minimum Gasteiger partial charge on any atom is -0.394 e. The van der Waals surface area contributed by atoms with Crippen molar-refractivity contribution in [2.45, 2.75) is 65.3 Å². The summed E-state index contributed by atoms with van der Waals surface area (Å²) in [6, 6.07) is 4.26. The largest absolute Gasteiger partial charge is 0.394 e. The van der Waals surface area contributed by atoms with E-state index in [1.165, 1.54) is 16.7 Å². The van der Waals surface area contributed by atoms with E-state index in [0.29, 0.717) is 17.8 Å². The van der Waals surface area contributed by atoms with Gasteiger partial charge in [0.15, 0.2) is 0 Å². The lowest BCUT2D eigenvalue weighted by Crippen LogP contribution is -2.20. The summed E-state index contributed by atoms with van der Waals surface area (Å²) in [7, 11) is 0. The Balaban J connectivity index is 3.55. The molecule has 2 nitrogen and oxygen atoms in total. The molecule has 0 unspecified atom stereocenters. The van der Waals surface area contributed by atoms with Crippen molar-refractivity contribution in [1.82, 2.24) is 0 Å². The zero-order valence-electron chi connectivity index (χ0n) is 13.2. The van der Waals surface area contributed by atoms with E-state index in [4.69, 9.17) is 5.73 Å². The predicted molar refractivity (Wildman–Crippen MR) is 82.7 cm³/mol. The van der Waals surface area contributed by atoms with Crippen LogP contribution >= 0.6 is 0 Å². The highest BCUT2D eigenvalue weighted by atomic mass is 16.3. The van der Waals surface area contributed by atoms with Gasteiger partial charge in [-0.05, 0) is 40.0 Å². The Morgan fingerprint density at radius 2 is 1.32 bits per heavy atom. The molecule has 0 heterocycles. The maximum absolute atomic E-state index is 9.45. The molecular weight excluding hydrogens is 234 g/mol. The van der Waals surface area contributed by atoms with Crippen LogP contribution in [0.25, 0.3) is 0 Å². The maximum atomic E-state index is 9.45. The van der Waals surface area contributed by atoms with Crippen LogP contribution in [-0.4, -0.2) is 11.7 Å². The Kier molecular flexibility index (Phi) is 5.57. The summed E-state index contributed by atoms with van der Waals surface area (Å²) < 4.78 is 0. The summed E-state index contributed by atoms with van der Waals surface area (Å²) in [6.07, 6.45) is 0. The molecule has 0 aliphatic rings. The van der Waals surface area contributed by atoms with E-state index in [0.717, 1.165) is 5.56 Å². The van der Waals surface area contributed by atoms with Crippen LogP contribution in [0.5, 0.6) is 0 Å². The van der Waals surface area contributed by atoms with Crippen molar-refractivity contribution in [2.75, 3.05) is 6.61 Å². The van der Waals surface area contributed by atoms with Gasteiger partial charge in [-0.15, -0.1) is 0 Å². The van der Waals surface area contributed by atoms with Gasteiger partial charge in [-0.25, -0.2) is 0 Å². The van der Waals surface area contributed by atoms with Gasteiger partial charge in [0.1, 0.15) is 0 Å². The van der Waals surface area contributed by atoms with Gasteiger partial charge >= 0.3 is 0 Å². The van der Waals surface area contributed by atoms with Crippen LogP contribution in [-0.2, 0) is 0 Å². The first kappa shape index (κ1) is 16.2. The summed E-state index contributed by atoms with van der Waals surface area (Å²) in [5.41, 5.74) is 11.2. The van der Waals surface area contributed by atoms with Crippen molar-refractivity contribution < 1.29 is 5.11 Å². The molecule has 1 atom stereocenters. The normalized spacial score (nSPS) is 13.6. The minimum absolute atomic E-state index is 0.000462. The summed E-state index contributed by atoms with van der Waals surface area (Å²) in [6.45, 7) is 13.2. The van der Waals surface area contributed by atoms with E-state index in [1.807, 2.05) is 0 Å². The maximum Gasteiger partial charge on any atom is 0.0624 e. The van der Waals surface area contributed by atoms with Gasteiger partial charge in [0.2, 0.25) is 0 Å². The fraction of sp³-hybridized carbons (Fsp3) is 0.647. The van der Waals surface area contributed by atoms with Gasteiger partial charge < -0.3 is 10.8 Å². The molecule has 1 rings (SSSR count). The molecule has 0 radical (unpaired) electrons. The second kappa shape index (κ2) is 6.53. The monoisotopic (exact) mass is 263 g/mol. The molecule has 0 bridgehead atoms. The zero-order valence-corrected chi connectivity index (χ0v) is 13.2. The molecule has 1 aromatic carbocycles. The number of hydrogen-bond acceptors (Lipinski definition) is 2. The second-order valence-electron chi connectivity index (χ2n) is 6.37. The van der Waals surface area contributed by atoms with Crippen LogP contribution in [0.4, 0.5) is 0 Å². The highest BCUT2D eigenvalue weighted by Crippen LogP contribution is 2.34. The van der Waals surface area contributed by atoms with E-state index in [-0.39, 0.29) is 12.6 Å². The van der Waals surface area contributed by atoms with E-state index < -0.39 is 0 Å². The van der Waals surface area contributed by atoms with Crippen molar-refractivity contribution in [3.8, 4) is 0 Å². The van der Waals surface area contributed by atoms with Gasteiger partial charge in [0.25, 0.3) is 0 Å². The molecule has 0 spiro atoms. The van der Waals surface area contributed by atoms with Crippen LogP contribution < -0.4 is 5.73 Å². The van der Waals surface area contributed by atoms with Gasteiger partial charge in [-0.1, -0.05) is 53.7 Å². The number of nitrogens with two attached hydrogens (primary N) is 1. The first-order chi connectivity index (χ1) is 8.79. The fourth-order valence-electron chi connectivity index (χ4n) is 2.53. The van der Waals surface area contributed by atoms with Crippen molar-refractivity contribution in [1.29, 1.82) is 0 Å². The standard InChI is InChI=1S/C17H29NO/c1-10(2)13-7-14(11(3)4)17(16(18)9-19)15(8-13)12(5)6/h7-8,10-12,16,19H,9,18H2,1-6H3/t16-/m1/s1. The third kappa shape index (κ3) is 3.58. The van der Waals surface area contributed by atoms with Gasteiger partial charge in [-0.2, -0.15) is 0 Å². The third-order valence-electron chi connectivity index (χ3n) is 3.74. The number of aliphatic hydroxyl groups is 1. The van der Waals surface area contributed by atoms with Gasteiger partial charge in [0.05, 0.1) is 12.6 Å². The van der Waals surface area contributed by atoms with E-state index in [1.54, 1.807) is 0 Å². The fourth-order valence-corrected chi connectivity index (χ4v) is 2.53. The van der Waals surface area contributed by atoms with Gasteiger partial charge in [-0.3, -0.25) is 0 Å². The molecule has 0 amide bonds. The Bertz CT molecular complexity index is 392. The minimum atomic E-state index is -0.281. The highest BCUT2D eigenvalue weighted by molar-refractivity contribution is 5.45. The van der Waals surface area contributed by atoms with Crippen LogP contribution in [0.2, 0.25) is 0 Å². The molecule has 0 saturated heterocycles. The Morgan fingerprint density at radius 1 is 0.895 bits per heavy atom. The molecule has 1 aromatic rings. The summed E-state index contributed by atoms with van der Waals surface area (Å²) >= 11 is 0. The van der Waals surface area contributed by atoms with Gasteiger partial charge in [0, 0.05) is 0 Å². The molecule has 0 saturated carbocycles.